The van der Waals surface area contributed by atoms with Gasteiger partial charge in [-0.25, -0.2) is 0 Å². The van der Waals surface area contributed by atoms with E-state index < -0.39 is 0 Å². The van der Waals surface area contributed by atoms with Crippen molar-refractivity contribution in [2.24, 2.45) is 5.73 Å². The van der Waals surface area contributed by atoms with Gasteiger partial charge < -0.3 is 25.3 Å². The predicted molar refractivity (Wildman–Crippen MR) is 93.1 cm³/mol. The standard InChI is InChI=1S/C17H25N3O5/c1-23-13-8-11(9-14(24-2)16(13)25-3)19-15(21)10-20-7-5-4-6-12(20)17(18)22/h8-9,12H,4-7,10H2,1-3H3,(H2,18,22)(H,19,21)/t12-/m1/s1. The fourth-order valence-electron chi connectivity index (χ4n) is 3.04. The van der Waals surface area contributed by atoms with Gasteiger partial charge in [-0.05, 0) is 19.4 Å². The topological polar surface area (TPSA) is 103 Å². The van der Waals surface area contributed by atoms with Crippen molar-refractivity contribution in [3.8, 4) is 17.2 Å². The van der Waals surface area contributed by atoms with Crippen LogP contribution in [0.25, 0.3) is 0 Å². The molecule has 1 saturated heterocycles. The Morgan fingerprint density at radius 3 is 2.32 bits per heavy atom. The van der Waals surface area contributed by atoms with Crippen molar-refractivity contribution in [1.29, 1.82) is 0 Å². The number of likely N-dealkylation sites (tertiary alicyclic amines) is 1. The zero-order chi connectivity index (χ0) is 18.4. The maximum absolute atomic E-state index is 12.4. The summed E-state index contributed by atoms with van der Waals surface area (Å²) >= 11 is 0. The van der Waals surface area contributed by atoms with Gasteiger partial charge in [0.05, 0.1) is 33.9 Å². The van der Waals surface area contributed by atoms with Gasteiger partial charge in [-0.1, -0.05) is 6.42 Å². The molecule has 0 spiro atoms. The lowest BCUT2D eigenvalue weighted by molar-refractivity contribution is -0.126. The van der Waals surface area contributed by atoms with Gasteiger partial charge in [-0.2, -0.15) is 0 Å². The van der Waals surface area contributed by atoms with E-state index in [0.717, 1.165) is 12.8 Å². The molecular formula is C17H25N3O5. The number of nitrogens with zero attached hydrogens (tertiary/aromatic N) is 1. The molecule has 1 aliphatic heterocycles. The molecular weight excluding hydrogens is 326 g/mol. The predicted octanol–water partition coefficient (Wildman–Crippen LogP) is 0.991. The summed E-state index contributed by atoms with van der Waals surface area (Å²) in [5, 5.41) is 2.80. The molecule has 1 aromatic rings. The Labute approximate surface area is 147 Å². The Kier molecular flexibility index (Phi) is 6.46. The molecule has 0 bridgehead atoms. The summed E-state index contributed by atoms with van der Waals surface area (Å²) in [6, 6.07) is 2.92. The number of carbonyl (C=O) groups excluding carboxylic acids is 2. The van der Waals surface area contributed by atoms with Crippen molar-refractivity contribution in [2.75, 3.05) is 39.7 Å². The first-order valence-corrected chi connectivity index (χ1v) is 8.13. The number of nitrogens with one attached hydrogen (secondary N) is 1. The number of nitrogens with two attached hydrogens (primary N) is 1. The summed E-state index contributed by atoms with van der Waals surface area (Å²) in [4.78, 5) is 25.7. The Hall–Kier alpha value is -2.48. The third-order valence-electron chi connectivity index (χ3n) is 4.24. The van der Waals surface area contributed by atoms with Crippen LogP contribution in [-0.2, 0) is 9.59 Å². The highest BCUT2D eigenvalue weighted by Crippen LogP contribution is 2.39. The molecule has 3 N–H and O–H groups in total. The number of hydrogen-bond acceptors (Lipinski definition) is 6. The summed E-state index contributed by atoms with van der Waals surface area (Å²) in [7, 11) is 4.53. The average molecular weight is 351 g/mol. The number of methoxy groups -OCH3 is 3. The van der Waals surface area contributed by atoms with Crippen LogP contribution in [0.1, 0.15) is 19.3 Å². The number of rotatable bonds is 7. The molecule has 138 valence electrons. The molecule has 0 saturated carbocycles. The molecule has 8 nitrogen and oxygen atoms in total. The highest BCUT2D eigenvalue weighted by molar-refractivity contribution is 5.93. The van der Waals surface area contributed by atoms with Crippen LogP contribution in [0.5, 0.6) is 17.2 Å². The van der Waals surface area contributed by atoms with Crippen molar-refractivity contribution >= 4 is 17.5 Å². The molecule has 0 radical (unpaired) electrons. The van der Waals surface area contributed by atoms with E-state index in [4.69, 9.17) is 19.9 Å². The average Bonchev–Trinajstić information content (AvgIpc) is 2.60. The first-order valence-electron chi connectivity index (χ1n) is 8.13. The van der Waals surface area contributed by atoms with E-state index in [-0.39, 0.29) is 24.4 Å². The van der Waals surface area contributed by atoms with Crippen LogP contribution in [0.4, 0.5) is 5.69 Å². The molecule has 1 aromatic carbocycles. The van der Waals surface area contributed by atoms with E-state index in [9.17, 15) is 9.59 Å². The lowest BCUT2D eigenvalue weighted by Crippen LogP contribution is -2.50. The second kappa shape index (κ2) is 8.57. The van der Waals surface area contributed by atoms with Crippen LogP contribution in [0, 0.1) is 0 Å². The Morgan fingerprint density at radius 2 is 1.80 bits per heavy atom. The third kappa shape index (κ3) is 4.54. The van der Waals surface area contributed by atoms with Gasteiger partial charge in [0.1, 0.15) is 0 Å². The van der Waals surface area contributed by atoms with Gasteiger partial charge in [0, 0.05) is 17.8 Å². The molecule has 25 heavy (non-hydrogen) atoms. The summed E-state index contributed by atoms with van der Waals surface area (Å²) in [5.74, 6) is 0.728. The molecule has 1 heterocycles. The number of anilines is 1. The SMILES string of the molecule is COc1cc(NC(=O)CN2CCCC[C@@H]2C(N)=O)cc(OC)c1OC. The van der Waals surface area contributed by atoms with Crippen LogP contribution in [0.2, 0.25) is 0 Å². The van der Waals surface area contributed by atoms with Gasteiger partial charge in [0.15, 0.2) is 11.5 Å². The highest BCUT2D eigenvalue weighted by Gasteiger charge is 2.28. The molecule has 0 aromatic heterocycles. The van der Waals surface area contributed by atoms with Crippen LogP contribution in [0.15, 0.2) is 12.1 Å². The van der Waals surface area contributed by atoms with Gasteiger partial charge in [0.25, 0.3) is 0 Å². The van der Waals surface area contributed by atoms with E-state index in [1.54, 1.807) is 12.1 Å². The normalized spacial score (nSPS) is 17.6. The summed E-state index contributed by atoms with van der Waals surface area (Å²) < 4.78 is 15.8. The number of piperidine rings is 1. The number of amides is 2. The monoisotopic (exact) mass is 351 g/mol. The molecule has 1 fully saturated rings. The van der Waals surface area contributed by atoms with E-state index in [0.29, 0.717) is 35.9 Å². The van der Waals surface area contributed by atoms with Crippen molar-refractivity contribution in [2.45, 2.75) is 25.3 Å². The highest BCUT2D eigenvalue weighted by atomic mass is 16.5. The first-order chi connectivity index (χ1) is 12.0. The second-order valence-electron chi connectivity index (χ2n) is 5.85. The van der Waals surface area contributed by atoms with Crippen LogP contribution < -0.4 is 25.3 Å². The summed E-state index contributed by atoms with van der Waals surface area (Å²) in [5.41, 5.74) is 5.95. The number of ether oxygens (including phenoxy) is 3. The number of primary amides is 1. The Bertz CT molecular complexity index is 610. The van der Waals surface area contributed by atoms with Gasteiger partial charge in [0.2, 0.25) is 17.6 Å². The van der Waals surface area contributed by atoms with Gasteiger partial charge in [-0.15, -0.1) is 0 Å². The van der Waals surface area contributed by atoms with E-state index in [1.165, 1.54) is 21.3 Å². The van der Waals surface area contributed by atoms with Crippen LogP contribution in [0.3, 0.4) is 0 Å². The van der Waals surface area contributed by atoms with Gasteiger partial charge >= 0.3 is 0 Å². The number of carbonyl (C=O) groups is 2. The first kappa shape index (κ1) is 18.9. The molecule has 8 heteroatoms. The second-order valence-corrected chi connectivity index (χ2v) is 5.85. The molecule has 1 aliphatic rings. The molecule has 0 aliphatic carbocycles. The fraction of sp³-hybridized carbons (Fsp3) is 0.529. The third-order valence-corrected chi connectivity index (χ3v) is 4.24. The minimum absolute atomic E-state index is 0.101. The maximum Gasteiger partial charge on any atom is 0.238 e. The minimum atomic E-state index is -0.389. The molecule has 2 amide bonds. The molecule has 1 atom stereocenters. The number of hydrogen-bond donors (Lipinski definition) is 2. The van der Waals surface area contributed by atoms with Crippen molar-refractivity contribution in [3.63, 3.8) is 0 Å². The van der Waals surface area contributed by atoms with Gasteiger partial charge in [-0.3, -0.25) is 14.5 Å². The Morgan fingerprint density at radius 1 is 1.16 bits per heavy atom. The molecule has 0 unspecified atom stereocenters. The van der Waals surface area contributed by atoms with Crippen molar-refractivity contribution < 1.29 is 23.8 Å². The zero-order valence-corrected chi connectivity index (χ0v) is 14.8. The fourth-order valence-corrected chi connectivity index (χ4v) is 3.04. The number of benzene rings is 1. The summed E-state index contributed by atoms with van der Waals surface area (Å²) in [6.07, 6.45) is 2.58. The minimum Gasteiger partial charge on any atom is -0.493 e. The van der Waals surface area contributed by atoms with Crippen molar-refractivity contribution in [3.05, 3.63) is 12.1 Å². The zero-order valence-electron chi connectivity index (χ0n) is 14.8. The lowest BCUT2D eigenvalue weighted by Gasteiger charge is -2.32. The summed E-state index contributed by atoms with van der Waals surface area (Å²) in [6.45, 7) is 0.778. The smallest absolute Gasteiger partial charge is 0.238 e. The largest absolute Gasteiger partial charge is 0.493 e. The van der Waals surface area contributed by atoms with Crippen LogP contribution in [-0.4, -0.2) is 57.2 Å². The van der Waals surface area contributed by atoms with E-state index in [2.05, 4.69) is 5.32 Å². The quantitative estimate of drug-likeness (QED) is 0.759. The van der Waals surface area contributed by atoms with E-state index in [1.807, 2.05) is 4.90 Å². The molecule has 2 rings (SSSR count). The van der Waals surface area contributed by atoms with Crippen LogP contribution >= 0.6 is 0 Å². The Balaban J connectivity index is 2.10. The van der Waals surface area contributed by atoms with E-state index >= 15 is 0 Å². The maximum atomic E-state index is 12.4. The lowest BCUT2D eigenvalue weighted by atomic mass is 10.0. The van der Waals surface area contributed by atoms with Crippen molar-refractivity contribution in [1.82, 2.24) is 4.90 Å².